The highest BCUT2D eigenvalue weighted by Crippen LogP contribution is 2.50. The van der Waals surface area contributed by atoms with E-state index in [2.05, 4.69) is 5.16 Å². The van der Waals surface area contributed by atoms with Crippen LogP contribution in [0.1, 0.15) is 47.2 Å². The predicted octanol–water partition coefficient (Wildman–Crippen LogP) is 6.41. The summed E-state index contributed by atoms with van der Waals surface area (Å²) in [6, 6.07) is 7.76. The highest BCUT2D eigenvalue weighted by molar-refractivity contribution is 7.88. The second kappa shape index (κ2) is 10.5. The summed E-state index contributed by atoms with van der Waals surface area (Å²) >= 11 is 18.2. The molecule has 1 aliphatic carbocycles. The first-order valence-electron chi connectivity index (χ1n) is 12.0. The van der Waals surface area contributed by atoms with Gasteiger partial charge in [-0.1, -0.05) is 50.5 Å². The number of hydrogen-bond donors (Lipinski definition) is 0. The number of hydroxylamine groups is 1. The van der Waals surface area contributed by atoms with Gasteiger partial charge in [0.2, 0.25) is 10.0 Å². The van der Waals surface area contributed by atoms with Crippen molar-refractivity contribution in [2.45, 2.75) is 37.5 Å². The molecule has 0 N–H and O–H groups in total. The Labute approximate surface area is 237 Å². The van der Waals surface area contributed by atoms with Gasteiger partial charge < -0.3 is 4.84 Å². The number of ketones is 1. The fraction of sp³-hybridized carbons (Fsp3) is 0.440. The molecule has 0 unspecified atom stereocenters. The highest BCUT2D eigenvalue weighted by atomic mass is 35.5. The molecule has 0 amide bonds. The molecular weight excluding hydrogens is 604 g/mol. The number of halogens is 6. The van der Waals surface area contributed by atoms with Crippen LogP contribution in [0, 0.1) is 11.8 Å². The van der Waals surface area contributed by atoms with Crippen LogP contribution in [-0.4, -0.2) is 49.5 Å². The first kappa shape index (κ1) is 28.6. The van der Waals surface area contributed by atoms with E-state index in [4.69, 9.17) is 44.5 Å². The van der Waals surface area contributed by atoms with Gasteiger partial charge in [-0.15, -0.1) is 0 Å². The molecule has 2 heterocycles. The van der Waals surface area contributed by atoms with E-state index in [0.29, 0.717) is 0 Å². The predicted molar refractivity (Wildman–Crippen MR) is 139 cm³/mol. The average Bonchev–Trinajstić information content (AvgIpc) is 3.30. The standard InChI is InChI=1S/C25H22Cl3F3N2O5S/c26-18-7-17(8-19(27)9-18)24(25(29,30)31)10-22(32-38-24)16-3-4-20(21(28)6-16)23(34)5-15-11-33(37-12-15)39(35,36)13-14-1-2-14/h3-4,6-9,14-15H,1-2,5,10-13H2/t15-,24+/m1/s1. The molecule has 210 valence electrons. The lowest BCUT2D eigenvalue weighted by molar-refractivity contribution is -0.275. The third-order valence-corrected chi connectivity index (χ3v) is 9.42. The largest absolute Gasteiger partial charge is 0.435 e. The number of hydrogen-bond acceptors (Lipinski definition) is 6. The van der Waals surface area contributed by atoms with Crippen LogP contribution in [0.2, 0.25) is 15.1 Å². The van der Waals surface area contributed by atoms with Crippen molar-refractivity contribution in [2.24, 2.45) is 17.0 Å². The van der Waals surface area contributed by atoms with E-state index in [0.717, 1.165) is 29.4 Å². The molecule has 0 spiro atoms. The zero-order valence-electron chi connectivity index (χ0n) is 20.2. The molecule has 39 heavy (non-hydrogen) atoms. The number of rotatable bonds is 8. The second-order valence-corrected chi connectivity index (χ2v) is 13.2. The van der Waals surface area contributed by atoms with E-state index in [9.17, 15) is 26.4 Å². The van der Waals surface area contributed by atoms with E-state index in [-0.39, 0.29) is 80.4 Å². The van der Waals surface area contributed by atoms with Crippen LogP contribution in [0.15, 0.2) is 41.6 Å². The van der Waals surface area contributed by atoms with Gasteiger partial charge in [0.1, 0.15) is 0 Å². The minimum atomic E-state index is -4.85. The van der Waals surface area contributed by atoms with Gasteiger partial charge in [-0.3, -0.25) is 9.63 Å². The van der Waals surface area contributed by atoms with Gasteiger partial charge in [0.05, 0.1) is 23.1 Å². The van der Waals surface area contributed by atoms with Crippen molar-refractivity contribution < 1.29 is 36.1 Å². The van der Waals surface area contributed by atoms with Crippen LogP contribution in [0.25, 0.3) is 0 Å². The average molecular weight is 626 g/mol. The summed E-state index contributed by atoms with van der Waals surface area (Å²) in [5, 5.41) is 3.75. The van der Waals surface area contributed by atoms with Crippen molar-refractivity contribution in [3.63, 3.8) is 0 Å². The van der Waals surface area contributed by atoms with Crippen molar-refractivity contribution in [3.05, 3.63) is 68.2 Å². The Hall–Kier alpha value is -1.89. The number of Topliss-reactive ketones (excluding diaryl/α,β-unsaturated/α-hetero) is 1. The van der Waals surface area contributed by atoms with Gasteiger partial charge in [-0.2, -0.15) is 13.2 Å². The minimum Gasteiger partial charge on any atom is -0.374 e. The molecule has 5 rings (SSSR count). The maximum atomic E-state index is 14.3. The van der Waals surface area contributed by atoms with Gasteiger partial charge >= 0.3 is 6.18 Å². The first-order chi connectivity index (χ1) is 18.3. The number of sulfonamides is 1. The lowest BCUT2D eigenvalue weighted by Crippen LogP contribution is -2.42. The summed E-state index contributed by atoms with van der Waals surface area (Å²) in [5.74, 6) is -0.499. The summed E-state index contributed by atoms with van der Waals surface area (Å²) in [6.07, 6.45) is -3.76. The van der Waals surface area contributed by atoms with Crippen molar-refractivity contribution in [2.75, 3.05) is 18.9 Å². The first-order valence-corrected chi connectivity index (χ1v) is 14.8. The number of carbonyl (C=O) groups is 1. The van der Waals surface area contributed by atoms with E-state index >= 15 is 0 Å². The third kappa shape index (κ3) is 5.94. The molecule has 0 aromatic heterocycles. The number of carbonyl (C=O) groups excluding carboxylic acids is 1. The lowest BCUT2D eigenvalue weighted by Gasteiger charge is -2.29. The summed E-state index contributed by atoms with van der Waals surface area (Å²) in [6.45, 7) is 0.143. The van der Waals surface area contributed by atoms with E-state index in [1.54, 1.807) is 0 Å². The molecule has 1 saturated carbocycles. The molecule has 0 bridgehead atoms. The Balaban J connectivity index is 1.28. The molecule has 7 nitrogen and oxygen atoms in total. The lowest BCUT2D eigenvalue weighted by atomic mass is 9.86. The van der Waals surface area contributed by atoms with Crippen molar-refractivity contribution >= 4 is 56.3 Å². The second-order valence-electron chi connectivity index (χ2n) is 9.98. The Morgan fingerprint density at radius 1 is 1.08 bits per heavy atom. The van der Waals surface area contributed by atoms with Gasteiger partial charge in [-0.25, -0.2) is 8.42 Å². The summed E-state index contributed by atoms with van der Waals surface area (Å²) < 4.78 is 68.6. The van der Waals surface area contributed by atoms with Crippen LogP contribution >= 0.6 is 34.8 Å². The molecule has 2 fully saturated rings. The Morgan fingerprint density at radius 3 is 2.38 bits per heavy atom. The number of benzene rings is 2. The van der Waals surface area contributed by atoms with Crippen LogP contribution < -0.4 is 0 Å². The van der Waals surface area contributed by atoms with E-state index < -0.39 is 28.2 Å². The van der Waals surface area contributed by atoms with Gasteiger partial charge in [-0.05, 0) is 49.1 Å². The van der Waals surface area contributed by atoms with E-state index in [1.165, 1.54) is 24.3 Å². The van der Waals surface area contributed by atoms with Gasteiger partial charge in [0, 0.05) is 52.0 Å². The smallest absolute Gasteiger partial charge is 0.374 e. The fourth-order valence-corrected chi connectivity index (χ4v) is 7.19. The van der Waals surface area contributed by atoms with Crippen LogP contribution in [0.4, 0.5) is 13.2 Å². The van der Waals surface area contributed by atoms with Gasteiger partial charge in [0.25, 0.3) is 5.60 Å². The zero-order valence-corrected chi connectivity index (χ0v) is 23.3. The molecule has 3 aliphatic rings. The Bertz CT molecular complexity index is 1430. The van der Waals surface area contributed by atoms with Gasteiger partial charge in [0.15, 0.2) is 5.78 Å². The molecule has 1 saturated heterocycles. The maximum absolute atomic E-state index is 14.3. The molecule has 2 atom stereocenters. The number of oxime groups is 1. The van der Waals surface area contributed by atoms with Crippen molar-refractivity contribution in [1.29, 1.82) is 0 Å². The van der Waals surface area contributed by atoms with E-state index in [1.807, 2.05) is 0 Å². The summed E-state index contributed by atoms with van der Waals surface area (Å²) in [7, 11) is -3.54. The minimum absolute atomic E-state index is 0.00865. The molecule has 2 aromatic carbocycles. The maximum Gasteiger partial charge on any atom is 0.435 e. The zero-order chi connectivity index (χ0) is 28.2. The SMILES string of the molecule is O=C(C[C@H]1CON(S(=O)(=O)CC2CC2)C1)c1ccc(C2=NO[C@@](c3cc(Cl)cc(Cl)c3)(C(F)(F)F)C2)cc1Cl. The monoisotopic (exact) mass is 624 g/mol. The molecule has 2 aromatic rings. The Kier molecular flexibility index (Phi) is 7.71. The summed E-state index contributed by atoms with van der Waals surface area (Å²) in [4.78, 5) is 23.3. The summed E-state index contributed by atoms with van der Waals surface area (Å²) in [5.41, 5.74) is -2.71. The van der Waals surface area contributed by atoms with Crippen LogP contribution in [-0.2, 0) is 25.3 Å². The third-order valence-electron chi connectivity index (χ3n) is 6.91. The molecule has 14 heteroatoms. The fourth-order valence-electron chi connectivity index (χ4n) is 4.63. The highest BCUT2D eigenvalue weighted by Gasteiger charge is 2.62. The Morgan fingerprint density at radius 2 is 1.77 bits per heavy atom. The van der Waals surface area contributed by atoms with Crippen LogP contribution in [0.3, 0.4) is 0 Å². The molecule has 0 radical (unpaired) electrons. The normalized spacial score (nSPS) is 24.1. The topological polar surface area (TPSA) is 85.3 Å². The van der Waals surface area contributed by atoms with Crippen molar-refractivity contribution in [1.82, 2.24) is 4.47 Å². The van der Waals surface area contributed by atoms with Crippen molar-refractivity contribution in [3.8, 4) is 0 Å². The quantitative estimate of drug-likeness (QED) is 0.317. The van der Waals surface area contributed by atoms with Crippen LogP contribution in [0.5, 0.6) is 0 Å². The number of nitrogens with zero attached hydrogens (tertiary/aromatic N) is 2. The molecule has 2 aliphatic heterocycles. The number of alkyl halides is 3. The molecular formula is C25H22Cl3F3N2O5S.